The van der Waals surface area contributed by atoms with E-state index in [0.29, 0.717) is 22.7 Å². The molecule has 0 N–H and O–H groups in total. The fraction of sp³-hybridized carbons (Fsp3) is 0.405. The largest absolute Gasteiger partial charge is 0.305 e. The van der Waals surface area contributed by atoms with Crippen LogP contribution in [-0.2, 0) is 99.6 Å². The normalized spacial score (nSPS) is 13.4. The van der Waals surface area contributed by atoms with E-state index in [1.54, 1.807) is 30.5 Å². The fourth-order valence-electron chi connectivity index (χ4n) is 10.5. The van der Waals surface area contributed by atoms with Crippen LogP contribution in [0.3, 0.4) is 0 Å². The summed E-state index contributed by atoms with van der Waals surface area (Å²) in [5.74, 6) is -0.433. The average molecular weight is 2000 g/mol. The molecule has 90 heavy (non-hydrogen) atoms. The summed E-state index contributed by atoms with van der Waals surface area (Å²) in [6.45, 7) is 41.5. The van der Waals surface area contributed by atoms with Gasteiger partial charge in [0.25, 0.3) is 0 Å². The van der Waals surface area contributed by atoms with E-state index in [2.05, 4.69) is 155 Å². The van der Waals surface area contributed by atoms with Crippen LogP contribution in [0.25, 0.3) is 45.0 Å². The van der Waals surface area contributed by atoms with E-state index < -0.39 is 50.0 Å². The minimum atomic E-state index is -1.77. The number of halogens is 4. The number of pyridine rings is 4. The van der Waals surface area contributed by atoms with E-state index in [1.165, 1.54) is 101 Å². The maximum atomic E-state index is 13.1. The summed E-state index contributed by atoms with van der Waals surface area (Å²) in [5.41, 5.74) is 10.3. The minimum absolute atomic E-state index is 0. The Morgan fingerprint density at radius 1 is 0.467 bits per heavy atom. The zero-order valence-electron chi connectivity index (χ0n) is 59.1. The van der Waals surface area contributed by atoms with Crippen LogP contribution in [-0.4, -0.2) is 52.2 Å². The Balaban J connectivity index is 0.000000417. The first kappa shape index (κ1) is 77.4. The second kappa shape index (κ2) is 36.0. The number of aromatic nitrogens is 4. The van der Waals surface area contributed by atoms with Crippen molar-refractivity contribution < 1.29 is 102 Å². The maximum Gasteiger partial charge on any atom is 0.0799 e. The standard InChI is InChI=1S/C20H25FNSi.C19H25FNSi.C18H23FNSi.C17H21FNSi.4Ir/c1-23(2,3)20-14-22-19(16-8-10-18(21)11-9-16)13-17(20)12-15-6-4-5-7-15;1-19(2,3)12-15-11-17(14-7-9-16(20)10-8-14)21-13-18(15)22(4,5)6;1-13(2)10-15-11-17(14-6-8-16(19)9-7-14)20-12-18(15)21(3,4)5;1-12(2)15-10-16(13-6-8-14(18)9-7-13)19-11-17(15)20(3,4)5;;;;/h8,10-11,13-15H,4-7,12H2,1-3H3;7,9-11,13H,12H2,1-6H3;6,8-9,11-13H,10H2,1-5H3;6,8-12H,1-5H3;;;;/q4*-1;;;;/i;12D2;;12D;;;;. The van der Waals surface area contributed by atoms with Crippen molar-refractivity contribution in [3.05, 3.63) is 192 Å². The molecule has 494 valence electrons. The van der Waals surface area contributed by atoms with Crippen molar-refractivity contribution in [1.82, 2.24) is 19.9 Å². The zero-order valence-corrected chi connectivity index (χ0v) is 69.7. The van der Waals surface area contributed by atoms with Crippen LogP contribution in [0, 0.1) is 64.8 Å². The molecule has 0 atom stereocenters. The van der Waals surface area contributed by atoms with Gasteiger partial charge in [-0.15, -0.1) is 119 Å². The van der Waals surface area contributed by atoms with Crippen molar-refractivity contribution in [1.29, 1.82) is 0 Å². The Kier molecular flexibility index (Phi) is 30.9. The molecule has 4 nitrogen and oxygen atoms in total. The van der Waals surface area contributed by atoms with E-state index in [0.717, 1.165) is 63.3 Å². The molecule has 0 spiro atoms. The minimum Gasteiger partial charge on any atom is -0.305 e. The van der Waals surface area contributed by atoms with Crippen LogP contribution >= 0.6 is 0 Å². The number of benzene rings is 4. The third kappa shape index (κ3) is 25.4. The van der Waals surface area contributed by atoms with Gasteiger partial charge in [0.15, 0.2) is 0 Å². The van der Waals surface area contributed by atoms with Gasteiger partial charge in [-0.3, -0.25) is 17.6 Å². The van der Waals surface area contributed by atoms with Gasteiger partial charge in [-0.2, -0.15) is 0 Å². The fourth-order valence-corrected chi connectivity index (χ4v) is 16.7. The average Bonchev–Trinajstić information content (AvgIpc) is 0.826. The summed E-state index contributed by atoms with van der Waals surface area (Å²) in [7, 11) is -6.17. The SMILES string of the molecule is CC(C)Cc1cc(-c2[c-]cc(F)cc2)ncc1[Si](C)(C)C.C[Si](C)(C)c1cnc(-c2[c-]cc(F)cc2)cc1CC1CCCC1.[2H]C(C)(C)c1cc(-c2[c-]cc(F)cc2)ncc1[Si](C)(C)C.[2H]C([2H])(c1cc(-c2[c-]cc(F)cc2)ncc1[Si](C)(C)C)C(C)(C)C.[Ir].[Ir].[Ir].[Ir]. The van der Waals surface area contributed by atoms with Gasteiger partial charge in [-0.05, 0) is 85.9 Å². The molecule has 9 rings (SSSR count). The molecule has 8 aromatic rings. The molecule has 1 aliphatic rings. The smallest absolute Gasteiger partial charge is 0.0799 e. The van der Waals surface area contributed by atoms with Gasteiger partial charge in [0.1, 0.15) is 0 Å². The van der Waals surface area contributed by atoms with Crippen LogP contribution in [0.2, 0.25) is 78.6 Å². The first-order chi connectivity index (χ1) is 41.1. The van der Waals surface area contributed by atoms with E-state index in [1.807, 2.05) is 59.1 Å². The summed E-state index contributed by atoms with van der Waals surface area (Å²) in [6, 6.07) is 37.8. The van der Waals surface area contributed by atoms with E-state index in [4.69, 9.17) is 4.11 Å². The molecule has 4 heterocycles. The number of hydrogen-bond donors (Lipinski definition) is 0. The second-order valence-electron chi connectivity index (χ2n) is 28.7. The zero-order chi connectivity index (χ0) is 66.2. The van der Waals surface area contributed by atoms with Crippen molar-refractivity contribution in [3.63, 3.8) is 0 Å². The Morgan fingerprint density at radius 2 is 0.767 bits per heavy atom. The molecule has 1 fully saturated rings. The van der Waals surface area contributed by atoms with Crippen molar-refractivity contribution in [2.75, 3.05) is 0 Å². The van der Waals surface area contributed by atoms with Gasteiger partial charge in [0, 0.05) is 133 Å². The number of hydrogen-bond acceptors (Lipinski definition) is 4. The molecule has 1 aliphatic carbocycles. The van der Waals surface area contributed by atoms with Crippen LogP contribution in [0.5, 0.6) is 0 Å². The summed E-state index contributed by atoms with van der Waals surface area (Å²) in [6.07, 6.45) is 14.0. The summed E-state index contributed by atoms with van der Waals surface area (Å²) < 4.78 is 78.2. The second-order valence-corrected chi connectivity index (χ2v) is 48.8. The predicted molar refractivity (Wildman–Crippen MR) is 367 cm³/mol. The Labute approximate surface area is 601 Å². The molecular formula is C74H94F4Ir4N4Si4-4. The van der Waals surface area contributed by atoms with Gasteiger partial charge in [0.2, 0.25) is 0 Å². The predicted octanol–water partition coefficient (Wildman–Crippen LogP) is 18.6. The van der Waals surface area contributed by atoms with Crippen LogP contribution < -0.4 is 20.7 Å². The number of rotatable bonds is 14. The quantitative estimate of drug-likeness (QED) is 0.0618. The van der Waals surface area contributed by atoms with Gasteiger partial charge < -0.3 is 19.9 Å². The summed E-state index contributed by atoms with van der Waals surface area (Å²) in [5, 5.41) is 5.11. The first-order valence-corrected chi connectivity index (χ1v) is 44.3. The van der Waals surface area contributed by atoms with Gasteiger partial charge in [0.05, 0.1) is 32.3 Å². The van der Waals surface area contributed by atoms with E-state index in [-0.39, 0.29) is 104 Å². The number of nitrogens with zero attached hydrogens (tertiary/aromatic N) is 4. The third-order valence-electron chi connectivity index (χ3n) is 14.9. The van der Waals surface area contributed by atoms with Crippen molar-refractivity contribution in [2.24, 2.45) is 17.3 Å². The Morgan fingerprint density at radius 3 is 1.07 bits per heavy atom. The third-order valence-corrected chi connectivity index (χ3v) is 23.0. The maximum absolute atomic E-state index is 13.1. The van der Waals surface area contributed by atoms with E-state index >= 15 is 0 Å². The molecule has 16 heteroatoms. The van der Waals surface area contributed by atoms with Gasteiger partial charge in [-0.1, -0.05) is 199 Å². The first-order valence-electron chi connectivity index (χ1n) is 31.8. The molecule has 0 saturated heterocycles. The topological polar surface area (TPSA) is 51.6 Å². The molecule has 4 aromatic carbocycles. The van der Waals surface area contributed by atoms with Crippen LogP contribution in [0.4, 0.5) is 17.6 Å². The molecule has 4 aromatic heterocycles. The van der Waals surface area contributed by atoms with Crippen LogP contribution in [0.15, 0.2) is 122 Å². The van der Waals surface area contributed by atoms with Crippen molar-refractivity contribution in [2.45, 2.75) is 178 Å². The Hall–Kier alpha value is -3.34. The summed E-state index contributed by atoms with van der Waals surface area (Å²) in [4.78, 5) is 18.3. The van der Waals surface area contributed by atoms with Gasteiger partial charge in [-0.25, -0.2) is 0 Å². The van der Waals surface area contributed by atoms with Crippen molar-refractivity contribution >= 4 is 53.0 Å². The molecule has 0 aliphatic heterocycles. The molecule has 1 saturated carbocycles. The Bertz CT molecular complexity index is 3630. The molecule has 0 bridgehead atoms. The monoisotopic (exact) mass is 2000 g/mol. The van der Waals surface area contributed by atoms with Crippen LogP contribution in [0.1, 0.15) is 106 Å². The van der Waals surface area contributed by atoms with Gasteiger partial charge >= 0.3 is 0 Å². The molecular weight excluding hydrogens is 1900 g/mol. The summed E-state index contributed by atoms with van der Waals surface area (Å²) >= 11 is 0. The van der Waals surface area contributed by atoms with E-state index in [9.17, 15) is 17.6 Å². The molecule has 0 amide bonds. The van der Waals surface area contributed by atoms with Crippen molar-refractivity contribution in [3.8, 4) is 45.0 Å². The molecule has 0 unspecified atom stereocenters. The molecule has 4 radical (unpaired) electrons.